The van der Waals surface area contributed by atoms with Crippen molar-refractivity contribution in [1.29, 1.82) is 0 Å². The zero-order chi connectivity index (χ0) is 27.3. The van der Waals surface area contributed by atoms with Gasteiger partial charge in [-0.3, -0.25) is 4.68 Å². The van der Waals surface area contributed by atoms with Crippen LogP contribution in [0.1, 0.15) is 27.2 Å². The van der Waals surface area contributed by atoms with Crippen molar-refractivity contribution >= 4 is 45.8 Å². The van der Waals surface area contributed by atoms with E-state index < -0.39 is 5.60 Å². The smallest absolute Gasteiger partial charge is 0.410 e. The molecule has 39 heavy (non-hydrogen) atoms. The minimum Gasteiger partial charge on any atom is -0.444 e. The maximum atomic E-state index is 12.7. The molecule has 2 aliphatic rings. The highest BCUT2D eigenvalue weighted by Gasteiger charge is 2.46. The number of anilines is 3. The Labute approximate surface area is 231 Å². The summed E-state index contributed by atoms with van der Waals surface area (Å²) in [7, 11) is 1.83. The van der Waals surface area contributed by atoms with Gasteiger partial charge in [0, 0.05) is 55.2 Å². The summed E-state index contributed by atoms with van der Waals surface area (Å²) in [5, 5.41) is 8.95. The van der Waals surface area contributed by atoms with Gasteiger partial charge in [-0.1, -0.05) is 11.6 Å². The monoisotopic (exact) mass is 547 g/mol. The fourth-order valence-corrected chi connectivity index (χ4v) is 5.43. The molecular formula is C28H30ClN7O3. The topological polar surface area (TPSA) is 97.6 Å². The second-order valence-electron chi connectivity index (χ2n) is 11.0. The third-order valence-electron chi connectivity index (χ3n) is 6.92. The quantitative estimate of drug-likeness (QED) is 0.337. The summed E-state index contributed by atoms with van der Waals surface area (Å²) >= 11 is 6.51. The van der Waals surface area contributed by atoms with E-state index in [-0.39, 0.29) is 18.2 Å². The van der Waals surface area contributed by atoms with E-state index in [1.165, 1.54) is 0 Å². The van der Waals surface area contributed by atoms with Crippen molar-refractivity contribution < 1.29 is 14.3 Å². The number of halogens is 1. The Hall–Kier alpha value is -4.05. The summed E-state index contributed by atoms with van der Waals surface area (Å²) in [5.74, 6) is 1.66. The van der Waals surface area contributed by atoms with Crippen LogP contribution in [0, 0.1) is 0 Å². The van der Waals surface area contributed by atoms with Crippen LogP contribution in [0.3, 0.4) is 0 Å². The van der Waals surface area contributed by atoms with Crippen LogP contribution in [0.25, 0.3) is 10.9 Å². The highest BCUT2D eigenvalue weighted by atomic mass is 35.5. The molecule has 0 radical (unpaired) electrons. The van der Waals surface area contributed by atoms with Crippen molar-refractivity contribution in [3.05, 3.63) is 60.0 Å². The Balaban J connectivity index is 1.20. The summed E-state index contributed by atoms with van der Waals surface area (Å²) in [6.07, 6.45) is 4.04. The predicted molar refractivity (Wildman–Crippen MR) is 150 cm³/mol. The second kappa shape index (κ2) is 9.60. The van der Waals surface area contributed by atoms with Gasteiger partial charge in [0.2, 0.25) is 5.88 Å². The molecule has 1 amide bonds. The molecule has 10 nitrogen and oxygen atoms in total. The molecule has 11 heteroatoms. The van der Waals surface area contributed by atoms with Crippen molar-refractivity contribution in [2.24, 2.45) is 7.05 Å². The standard InChI is InChI=1S/C28H30ClN7O3/c1-28(2,3)39-27(37)36-15-19-12-20(36)14-35(19)18-6-7-23-21(13-18)26(31-16-30-23)32-17-5-8-24(22(29)11-17)38-25-9-10-34(4)33-25/h5-11,13,16,19-20H,12,14-15H2,1-4H3,(H,30,31,32)/t19-,20-/m0/s1. The Morgan fingerprint density at radius 3 is 2.62 bits per heavy atom. The second-order valence-corrected chi connectivity index (χ2v) is 11.4. The lowest BCUT2D eigenvalue weighted by molar-refractivity contribution is 0.0214. The molecule has 0 aliphatic carbocycles. The molecule has 6 rings (SSSR count). The number of piperazine rings is 1. The van der Waals surface area contributed by atoms with Crippen LogP contribution in [0.2, 0.25) is 5.02 Å². The molecule has 2 bridgehead atoms. The van der Waals surface area contributed by atoms with E-state index in [9.17, 15) is 4.79 Å². The largest absolute Gasteiger partial charge is 0.444 e. The van der Waals surface area contributed by atoms with Gasteiger partial charge in [0.1, 0.15) is 23.5 Å². The molecule has 2 aliphatic heterocycles. The van der Waals surface area contributed by atoms with Crippen LogP contribution in [0.4, 0.5) is 22.0 Å². The molecule has 2 fully saturated rings. The molecule has 0 unspecified atom stereocenters. The van der Waals surface area contributed by atoms with Crippen molar-refractivity contribution in [2.75, 3.05) is 23.3 Å². The van der Waals surface area contributed by atoms with E-state index in [0.717, 1.165) is 35.2 Å². The maximum Gasteiger partial charge on any atom is 0.410 e. The fraction of sp³-hybridized carbons (Fsp3) is 0.357. The van der Waals surface area contributed by atoms with Gasteiger partial charge >= 0.3 is 6.09 Å². The van der Waals surface area contributed by atoms with Gasteiger partial charge in [0.25, 0.3) is 0 Å². The normalized spacial score (nSPS) is 18.6. The number of nitrogens with one attached hydrogen (secondary N) is 1. The zero-order valence-corrected chi connectivity index (χ0v) is 23.0. The van der Waals surface area contributed by atoms with E-state index >= 15 is 0 Å². The summed E-state index contributed by atoms with van der Waals surface area (Å²) in [6, 6.07) is 13.8. The molecule has 0 spiro atoms. The van der Waals surface area contributed by atoms with Crippen molar-refractivity contribution in [3.63, 3.8) is 0 Å². The minimum absolute atomic E-state index is 0.138. The lowest BCUT2D eigenvalue weighted by Crippen LogP contribution is -2.50. The average molecular weight is 548 g/mol. The number of rotatable bonds is 5. The first-order valence-electron chi connectivity index (χ1n) is 12.9. The number of amides is 1. The number of likely N-dealkylation sites (tertiary alicyclic amines) is 1. The fourth-order valence-electron chi connectivity index (χ4n) is 5.21. The number of carbonyl (C=O) groups is 1. The SMILES string of the molecule is Cn1ccc(Oc2ccc(Nc3ncnc4ccc(N5C[C@@H]6C[C@H]5CN6C(=O)OC(C)(C)C)cc34)cc2Cl)n1. The van der Waals surface area contributed by atoms with Gasteiger partial charge in [-0.05, 0) is 63.6 Å². The molecule has 2 saturated heterocycles. The summed E-state index contributed by atoms with van der Waals surface area (Å²) < 4.78 is 13.1. The van der Waals surface area contributed by atoms with E-state index in [2.05, 4.69) is 37.4 Å². The Morgan fingerprint density at radius 2 is 1.92 bits per heavy atom. The highest BCUT2D eigenvalue weighted by molar-refractivity contribution is 6.32. The van der Waals surface area contributed by atoms with Crippen LogP contribution in [-0.4, -0.2) is 61.5 Å². The molecule has 2 atom stereocenters. The van der Waals surface area contributed by atoms with Crippen LogP contribution >= 0.6 is 11.6 Å². The number of hydrogen-bond donors (Lipinski definition) is 1. The first-order valence-corrected chi connectivity index (χ1v) is 13.3. The Bertz CT molecular complexity index is 1550. The molecule has 4 heterocycles. The van der Waals surface area contributed by atoms with E-state index in [0.29, 0.717) is 29.0 Å². The number of aromatic nitrogens is 4. The number of aryl methyl sites for hydroxylation is 1. The van der Waals surface area contributed by atoms with Gasteiger partial charge in [0.15, 0.2) is 0 Å². The van der Waals surface area contributed by atoms with E-state index in [4.69, 9.17) is 21.1 Å². The Morgan fingerprint density at radius 1 is 1.08 bits per heavy atom. The predicted octanol–water partition coefficient (Wildman–Crippen LogP) is 5.75. The van der Waals surface area contributed by atoms with Gasteiger partial charge in [-0.15, -0.1) is 5.10 Å². The molecule has 2 aromatic heterocycles. The lowest BCUT2D eigenvalue weighted by Gasteiger charge is -2.36. The minimum atomic E-state index is -0.503. The molecule has 1 N–H and O–H groups in total. The molecule has 2 aromatic carbocycles. The number of carbonyl (C=O) groups excluding carboxylic acids is 1. The van der Waals surface area contributed by atoms with Crippen molar-refractivity contribution in [3.8, 4) is 11.6 Å². The summed E-state index contributed by atoms with van der Waals surface area (Å²) in [4.78, 5) is 25.9. The number of benzene rings is 2. The average Bonchev–Trinajstić information content (AvgIpc) is 3.61. The molecular weight excluding hydrogens is 518 g/mol. The van der Waals surface area contributed by atoms with Gasteiger partial charge < -0.3 is 24.6 Å². The van der Waals surface area contributed by atoms with E-state index in [1.807, 2.05) is 44.9 Å². The number of fused-ring (bicyclic) bond motifs is 3. The molecule has 202 valence electrons. The van der Waals surface area contributed by atoms with Crippen LogP contribution in [0.15, 0.2) is 55.0 Å². The lowest BCUT2D eigenvalue weighted by atomic mass is 10.1. The number of nitrogens with zero attached hydrogens (tertiary/aromatic N) is 6. The van der Waals surface area contributed by atoms with Crippen LogP contribution in [-0.2, 0) is 11.8 Å². The van der Waals surface area contributed by atoms with Gasteiger partial charge in [-0.2, -0.15) is 0 Å². The van der Waals surface area contributed by atoms with Crippen molar-refractivity contribution in [1.82, 2.24) is 24.6 Å². The Kier molecular flexibility index (Phi) is 6.22. The third kappa shape index (κ3) is 5.16. The van der Waals surface area contributed by atoms with E-state index in [1.54, 1.807) is 35.4 Å². The number of ether oxygens (including phenoxy) is 2. The van der Waals surface area contributed by atoms with Gasteiger partial charge in [0.05, 0.1) is 16.6 Å². The zero-order valence-electron chi connectivity index (χ0n) is 22.3. The third-order valence-corrected chi connectivity index (χ3v) is 7.21. The first kappa shape index (κ1) is 25.2. The highest BCUT2D eigenvalue weighted by Crippen LogP contribution is 2.38. The molecule has 0 saturated carbocycles. The van der Waals surface area contributed by atoms with Crippen LogP contribution in [0.5, 0.6) is 11.6 Å². The van der Waals surface area contributed by atoms with Crippen LogP contribution < -0.4 is 15.0 Å². The first-order chi connectivity index (χ1) is 18.6. The van der Waals surface area contributed by atoms with Gasteiger partial charge in [-0.25, -0.2) is 14.8 Å². The summed E-state index contributed by atoms with van der Waals surface area (Å²) in [6.45, 7) is 7.10. The summed E-state index contributed by atoms with van der Waals surface area (Å²) in [5.41, 5.74) is 2.18. The maximum absolute atomic E-state index is 12.7. The van der Waals surface area contributed by atoms with Crippen molar-refractivity contribution in [2.45, 2.75) is 44.9 Å². The number of hydrogen-bond acceptors (Lipinski definition) is 8. The molecule has 4 aromatic rings.